The highest BCUT2D eigenvalue weighted by Crippen LogP contribution is 2.23. The van der Waals surface area contributed by atoms with Crippen molar-refractivity contribution in [3.8, 4) is 5.88 Å². The molecule has 0 bridgehead atoms. The van der Waals surface area contributed by atoms with Crippen molar-refractivity contribution in [3.63, 3.8) is 0 Å². The second-order valence-corrected chi connectivity index (χ2v) is 6.10. The molecule has 2 rings (SSSR count). The van der Waals surface area contributed by atoms with Gasteiger partial charge in [-0.1, -0.05) is 6.07 Å². The molecule has 7 heteroatoms. The number of nitrogens with two attached hydrogens (primary N) is 1. The van der Waals surface area contributed by atoms with Crippen LogP contribution in [0.25, 0.3) is 0 Å². The van der Waals surface area contributed by atoms with E-state index in [1.54, 1.807) is 12.1 Å². The Bertz CT molecular complexity index is 732. The zero-order chi connectivity index (χ0) is 14.8. The quantitative estimate of drug-likeness (QED) is 0.870. The first-order valence-corrected chi connectivity index (χ1v) is 7.35. The third-order valence-corrected chi connectivity index (χ3v) is 4.38. The molecule has 0 amide bonds. The van der Waals surface area contributed by atoms with Crippen molar-refractivity contribution >= 4 is 15.5 Å². The van der Waals surface area contributed by atoms with Crippen molar-refractivity contribution in [2.24, 2.45) is 0 Å². The number of benzene rings is 1. The number of nitrogens with zero attached hydrogens (tertiary/aromatic N) is 1. The second-order valence-electron chi connectivity index (χ2n) is 4.11. The van der Waals surface area contributed by atoms with Gasteiger partial charge in [0.15, 0.2) is 9.84 Å². The van der Waals surface area contributed by atoms with Gasteiger partial charge in [0.25, 0.3) is 0 Å². The average Bonchev–Trinajstić information content (AvgIpc) is 2.42. The van der Waals surface area contributed by atoms with Crippen molar-refractivity contribution in [1.82, 2.24) is 4.98 Å². The molecule has 0 aliphatic heterocycles. The van der Waals surface area contributed by atoms with E-state index in [0.717, 1.165) is 6.07 Å². The van der Waals surface area contributed by atoms with E-state index in [1.807, 2.05) is 0 Å². The average molecular weight is 296 g/mol. The molecule has 0 saturated heterocycles. The molecule has 0 atom stereocenters. The fraction of sp³-hybridized carbons (Fsp3) is 0.154. The lowest BCUT2D eigenvalue weighted by atomic mass is 10.3. The molecule has 0 spiro atoms. The highest BCUT2D eigenvalue weighted by Gasteiger charge is 2.19. The van der Waals surface area contributed by atoms with Gasteiger partial charge >= 0.3 is 0 Å². The number of ether oxygens (including phenoxy) is 1. The molecule has 0 unspecified atom stereocenters. The zero-order valence-corrected chi connectivity index (χ0v) is 11.5. The van der Waals surface area contributed by atoms with Crippen LogP contribution in [0.5, 0.6) is 5.88 Å². The van der Waals surface area contributed by atoms with Crippen LogP contribution in [0.15, 0.2) is 41.4 Å². The summed E-state index contributed by atoms with van der Waals surface area (Å²) in [7, 11) is -2.30. The highest BCUT2D eigenvalue weighted by molar-refractivity contribution is 7.90. The van der Waals surface area contributed by atoms with Gasteiger partial charge < -0.3 is 10.5 Å². The summed E-state index contributed by atoms with van der Waals surface area (Å²) in [4.78, 5) is 3.80. The minimum Gasteiger partial charge on any atom is -0.481 e. The normalized spacial score (nSPS) is 11.3. The van der Waals surface area contributed by atoms with Crippen LogP contribution in [0.1, 0.15) is 5.56 Å². The molecule has 0 saturated carbocycles. The SMILES string of the molecule is COc1ncccc1CS(=O)(=O)c1ccc(N)c(F)c1. The topological polar surface area (TPSA) is 82.3 Å². The van der Waals surface area contributed by atoms with Crippen LogP contribution in [0.2, 0.25) is 0 Å². The van der Waals surface area contributed by atoms with E-state index in [1.165, 1.54) is 25.4 Å². The van der Waals surface area contributed by atoms with Gasteiger partial charge in [-0.2, -0.15) is 0 Å². The van der Waals surface area contributed by atoms with Gasteiger partial charge in [0.1, 0.15) is 5.82 Å². The van der Waals surface area contributed by atoms with Gasteiger partial charge in [-0.15, -0.1) is 0 Å². The Morgan fingerprint density at radius 3 is 2.75 bits per heavy atom. The molecule has 5 nitrogen and oxygen atoms in total. The van der Waals surface area contributed by atoms with Crippen LogP contribution in [0.4, 0.5) is 10.1 Å². The molecule has 0 radical (unpaired) electrons. The first-order valence-electron chi connectivity index (χ1n) is 5.69. The van der Waals surface area contributed by atoms with E-state index >= 15 is 0 Å². The Balaban J connectivity index is 2.38. The van der Waals surface area contributed by atoms with Gasteiger partial charge in [-0.3, -0.25) is 0 Å². The Labute approximate surface area is 116 Å². The van der Waals surface area contributed by atoms with E-state index in [9.17, 15) is 12.8 Å². The molecule has 1 aromatic carbocycles. The lowest BCUT2D eigenvalue weighted by molar-refractivity contribution is 0.394. The highest BCUT2D eigenvalue weighted by atomic mass is 32.2. The number of pyridine rings is 1. The molecule has 2 aromatic rings. The summed E-state index contributed by atoms with van der Waals surface area (Å²) in [6.07, 6.45) is 1.50. The maximum atomic E-state index is 13.4. The summed E-state index contributed by atoms with van der Waals surface area (Å²) >= 11 is 0. The predicted octanol–water partition coefficient (Wildman–Crippen LogP) is 1.79. The minimum atomic E-state index is -3.70. The summed E-state index contributed by atoms with van der Waals surface area (Å²) in [6, 6.07) is 6.61. The first kappa shape index (κ1) is 14.3. The number of anilines is 1. The van der Waals surface area contributed by atoms with Gasteiger partial charge in [0, 0.05) is 11.8 Å². The molecule has 2 N–H and O–H groups in total. The van der Waals surface area contributed by atoms with Gasteiger partial charge in [-0.05, 0) is 24.3 Å². The fourth-order valence-electron chi connectivity index (χ4n) is 1.71. The van der Waals surface area contributed by atoms with Gasteiger partial charge in [0.05, 0.1) is 23.4 Å². The smallest absolute Gasteiger partial charge is 0.217 e. The van der Waals surface area contributed by atoms with Crippen molar-refractivity contribution in [2.45, 2.75) is 10.6 Å². The third kappa shape index (κ3) is 2.88. The number of nitrogen functional groups attached to an aromatic ring is 1. The predicted molar refractivity (Wildman–Crippen MR) is 72.5 cm³/mol. The number of hydrogen-bond acceptors (Lipinski definition) is 5. The van der Waals surface area contributed by atoms with Crippen molar-refractivity contribution in [3.05, 3.63) is 47.9 Å². The van der Waals surface area contributed by atoms with Crippen LogP contribution in [-0.2, 0) is 15.6 Å². The summed E-state index contributed by atoms with van der Waals surface area (Å²) in [5.74, 6) is -0.857. The number of rotatable bonds is 4. The van der Waals surface area contributed by atoms with Crippen molar-refractivity contribution in [1.29, 1.82) is 0 Å². The van der Waals surface area contributed by atoms with Crippen molar-refractivity contribution < 1.29 is 17.5 Å². The third-order valence-electron chi connectivity index (χ3n) is 2.72. The molecule has 1 heterocycles. The summed E-state index contributed by atoms with van der Waals surface area (Å²) in [6.45, 7) is 0. The van der Waals surface area contributed by atoms with Crippen LogP contribution in [0, 0.1) is 5.82 Å². The molecule has 1 aromatic heterocycles. The molecule has 0 aliphatic carbocycles. The molecule has 106 valence electrons. The first-order chi connectivity index (χ1) is 9.44. The van der Waals surface area contributed by atoms with E-state index in [4.69, 9.17) is 10.5 Å². The fourth-order valence-corrected chi connectivity index (χ4v) is 3.06. The summed E-state index contributed by atoms with van der Waals surface area (Å²) in [5.41, 5.74) is 5.65. The summed E-state index contributed by atoms with van der Waals surface area (Å²) < 4.78 is 42.9. The molecule has 0 aliphatic rings. The van der Waals surface area contributed by atoms with Gasteiger partial charge in [0.2, 0.25) is 5.88 Å². The number of sulfone groups is 1. The minimum absolute atomic E-state index is 0.0945. The number of methoxy groups -OCH3 is 1. The Morgan fingerprint density at radius 2 is 2.10 bits per heavy atom. The number of halogens is 1. The Hall–Kier alpha value is -2.15. The second kappa shape index (κ2) is 5.46. The lowest BCUT2D eigenvalue weighted by Crippen LogP contribution is -2.07. The van der Waals surface area contributed by atoms with E-state index in [-0.39, 0.29) is 22.2 Å². The molecular formula is C13H13FN2O3S. The number of hydrogen-bond donors (Lipinski definition) is 1. The molecular weight excluding hydrogens is 283 g/mol. The van der Waals surface area contributed by atoms with Crippen LogP contribution < -0.4 is 10.5 Å². The van der Waals surface area contributed by atoms with Crippen LogP contribution >= 0.6 is 0 Å². The van der Waals surface area contributed by atoms with E-state index in [2.05, 4.69) is 4.98 Å². The van der Waals surface area contributed by atoms with Crippen molar-refractivity contribution in [2.75, 3.05) is 12.8 Å². The standard InChI is InChI=1S/C13H13FN2O3S/c1-19-13-9(3-2-6-16-13)8-20(17,18)10-4-5-12(15)11(14)7-10/h2-7H,8,15H2,1H3. The van der Waals surface area contributed by atoms with Crippen LogP contribution in [-0.4, -0.2) is 20.5 Å². The van der Waals surface area contributed by atoms with Gasteiger partial charge in [-0.25, -0.2) is 17.8 Å². The van der Waals surface area contributed by atoms with E-state index < -0.39 is 15.7 Å². The maximum Gasteiger partial charge on any atom is 0.217 e. The number of aromatic nitrogens is 1. The Kier molecular flexibility index (Phi) is 3.89. The molecule has 20 heavy (non-hydrogen) atoms. The Morgan fingerprint density at radius 1 is 1.35 bits per heavy atom. The monoisotopic (exact) mass is 296 g/mol. The van der Waals surface area contributed by atoms with E-state index in [0.29, 0.717) is 5.56 Å². The largest absolute Gasteiger partial charge is 0.481 e. The van der Waals surface area contributed by atoms with Crippen LogP contribution in [0.3, 0.4) is 0 Å². The summed E-state index contributed by atoms with van der Waals surface area (Å²) in [5, 5.41) is 0. The lowest BCUT2D eigenvalue weighted by Gasteiger charge is -2.08. The molecule has 0 fully saturated rings. The zero-order valence-electron chi connectivity index (χ0n) is 10.7. The maximum absolute atomic E-state index is 13.4.